The summed E-state index contributed by atoms with van der Waals surface area (Å²) < 4.78 is 26.2. The normalized spacial score (nSPS) is 21.1. The average Bonchev–Trinajstić information content (AvgIpc) is 3.63. The van der Waals surface area contributed by atoms with E-state index in [1.807, 2.05) is 112 Å². The first-order chi connectivity index (χ1) is 29.6. The molecule has 1 saturated carbocycles. The molecule has 0 bridgehead atoms. The zero-order chi connectivity index (χ0) is 45.8. The van der Waals surface area contributed by atoms with Gasteiger partial charge in [0.1, 0.15) is 30.4 Å². The number of ketones is 2. The fourth-order valence-electron chi connectivity index (χ4n) is 8.89. The van der Waals surface area contributed by atoms with Gasteiger partial charge >= 0.3 is 0 Å². The van der Waals surface area contributed by atoms with Gasteiger partial charge in [-0.15, -0.1) is 0 Å². The van der Waals surface area contributed by atoms with Gasteiger partial charge in [0.25, 0.3) is 5.88 Å². The van der Waals surface area contributed by atoms with Crippen molar-refractivity contribution in [1.29, 1.82) is 0 Å². The highest BCUT2D eigenvalue weighted by atomic mass is 28.4. The molecule has 63 heavy (non-hydrogen) atoms. The second kappa shape index (κ2) is 17.0. The molecule has 4 atom stereocenters. The highest BCUT2D eigenvalue weighted by Gasteiger charge is 2.69. The van der Waals surface area contributed by atoms with Crippen LogP contribution in [0, 0.1) is 17.3 Å². The number of pyridine rings is 1. The van der Waals surface area contributed by atoms with E-state index < -0.39 is 48.4 Å². The van der Waals surface area contributed by atoms with E-state index in [2.05, 4.69) is 52.0 Å². The van der Waals surface area contributed by atoms with Gasteiger partial charge in [0.15, 0.2) is 31.2 Å². The Morgan fingerprint density at radius 1 is 0.905 bits per heavy atom. The Labute approximate surface area is 372 Å². The Bertz CT molecular complexity index is 2410. The third-order valence-electron chi connectivity index (χ3n) is 13.1. The Balaban J connectivity index is 1.44. The summed E-state index contributed by atoms with van der Waals surface area (Å²) in [5.41, 5.74) is 0.602. The van der Waals surface area contributed by atoms with E-state index in [1.165, 1.54) is 0 Å². The molecule has 2 heterocycles. The summed E-state index contributed by atoms with van der Waals surface area (Å²) in [4.78, 5) is 54.3. The van der Waals surface area contributed by atoms with Crippen molar-refractivity contribution >= 4 is 43.2 Å². The lowest BCUT2D eigenvalue weighted by Gasteiger charge is -2.55. The van der Waals surface area contributed by atoms with Gasteiger partial charge in [0.05, 0.1) is 11.6 Å². The van der Waals surface area contributed by atoms with Crippen molar-refractivity contribution in [2.24, 2.45) is 17.3 Å². The first kappa shape index (κ1) is 45.7. The number of aliphatic hydroxyl groups excluding tert-OH is 1. The van der Waals surface area contributed by atoms with Crippen LogP contribution in [0.5, 0.6) is 11.6 Å². The maximum Gasteiger partial charge on any atom is 0.265 e. The highest BCUT2D eigenvalue weighted by Crippen LogP contribution is 2.60. The molecule has 3 aliphatic rings. The largest absolute Gasteiger partial charge is 0.507 e. The second-order valence-electron chi connectivity index (χ2n) is 20.4. The average molecular weight is 878 g/mol. The van der Waals surface area contributed by atoms with E-state index >= 15 is 9.59 Å². The van der Waals surface area contributed by atoms with Crippen LogP contribution >= 0.6 is 0 Å². The maximum absolute atomic E-state index is 16.1. The number of hydrogen-bond donors (Lipinski definition) is 2. The molecule has 13 nitrogen and oxygen atoms in total. The van der Waals surface area contributed by atoms with Crippen LogP contribution in [0.15, 0.2) is 70.8 Å². The predicted octanol–water partition coefficient (Wildman–Crippen LogP) is 9.35. The third-order valence-corrected chi connectivity index (χ3v) is 17.6. The van der Waals surface area contributed by atoms with Crippen LogP contribution in [0.3, 0.4) is 0 Å². The molecule has 7 rings (SSSR count). The van der Waals surface area contributed by atoms with Crippen molar-refractivity contribution in [2.75, 3.05) is 38.4 Å². The van der Waals surface area contributed by atoms with Gasteiger partial charge in [-0.1, -0.05) is 102 Å². The Morgan fingerprint density at radius 2 is 1.51 bits per heavy atom. The van der Waals surface area contributed by atoms with Gasteiger partial charge in [-0.05, 0) is 79.1 Å². The van der Waals surface area contributed by atoms with Crippen molar-refractivity contribution in [1.82, 2.24) is 15.0 Å². The number of nitrogens with zero attached hydrogens (tertiary/aromatic N) is 4. The Hall–Kier alpha value is -5.31. The number of Topliss-reactive ketones (excluding diaryl/α,β-unsaturated/α-hetero) is 2. The van der Waals surface area contributed by atoms with Gasteiger partial charge in [-0.25, -0.2) is 4.98 Å². The van der Waals surface area contributed by atoms with Gasteiger partial charge < -0.3 is 33.7 Å². The molecule has 0 radical (unpaired) electrons. The van der Waals surface area contributed by atoms with Crippen LogP contribution in [-0.2, 0) is 33.6 Å². The molecule has 3 aliphatic carbocycles. The van der Waals surface area contributed by atoms with Crippen molar-refractivity contribution in [3.63, 3.8) is 0 Å². The van der Waals surface area contributed by atoms with E-state index in [-0.39, 0.29) is 83.7 Å². The van der Waals surface area contributed by atoms with Crippen LogP contribution < -0.4 is 19.7 Å². The number of carbonyl (C=O) groups is 3. The first-order valence-corrected chi connectivity index (χ1v) is 24.7. The molecule has 1 amide bonds. The number of carbonyl (C=O) groups excluding carboxylic acids is 3. The number of amides is 1. The molecule has 1 fully saturated rings. The smallest absolute Gasteiger partial charge is 0.265 e. The molecule has 336 valence electrons. The molecule has 0 unspecified atom stereocenters. The molecular formula is C49H63N5O8Si. The summed E-state index contributed by atoms with van der Waals surface area (Å²) in [5, 5.41) is 19.8. The number of fused-ring (bicyclic) bond motifs is 4. The predicted molar refractivity (Wildman–Crippen MR) is 246 cm³/mol. The third kappa shape index (κ3) is 8.57. The summed E-state index contributed by atoms with van der Waals surface area (Å²) in [7, 11) is 4.50. The summed E-state index contributed by atoms with van der Waals surface area (Å²) >= 11 is 0. The summed E-state index contributed by atoms with van der Waals surface area (Å²) in [6.07, 6.45) is 1.43. The van der Waals surface area contributed by atoms with Crippen molar-refractivity contribution in [3.8, 4) is 11.6 Å². The van der Waals surface area contributed by atoms with Gasteiger partial charge in [0.2, 0.25) is 17.5 Å². The Kier molecular flexibility index (Phi) is 12.3. The minimum atomic E-state index is -2.98. The van der Waals surface area contributed by atoms with Crippen LogP contribution in [0.25, 0.3) is 5.76 Å². The minimum absolute atomic E-state index is 0.0189. The number of rotatable bonds is 13. The lowest BCUT2D eigenvalue weighted by molar-refractivity contribution is -0.140. The molecule has 0 spiro atoms. The zero-order valence-corrected chi connectivity index (χ0v) is 39.8. The zero-order valence-electron chi connectivity index (χ0n) is 38.8. The SMILES string of the molecule is CN(C)c1nc(NC(=O)CCC(C)(C)C)c(OCc2ccccc2)c2c1C[C@H]1C[C@H]3[C@H](N(C)C)c4onc(OCc5ccccc5)c4C(=O)[C@@]3(O[Si](C)(C)C(C)(C)C)C(=O)C1=C2O. The molecule has 0 aliphatic heterocycles. The van der Waals surface area contributed by atoms with E-state index in [0.717, 1.165) is 11.1 Å². The number of benzene rings is 2. The van der Waals surface area contributed by atoms with Gasteiger partial charge in [-0.2, -0.15) is 0 Å². The summed E-state index contributed by atoms with van der Waals surface area (Å²) in [6.45, 7) is 16.7. The number of hydrogen-bond acceptors (Lipinski definition) is 12. The highest BCUT2D eigenvalue weighted by molar-refractivity contribution is 6.74. The molecule has 2 aromatic carbocycles. The molecule has 2 aromatic heterocycles. The number of aromatic nitrogens is 2. The lowest BCUT2D eigenvalue weighted by atomic mass is 9.57. The van der Waals surface area contributed by atoms with E-state index in [4.69, 9.17) is 23.4 Å². The van der Waals surface area contributed by atoms with Crippen LogP contribution in [0.1, 0.15) is 105 Å². The van der Waals surface area contributed by atoms with Crippen LogP contribution in [0.4, 0.5) is 11.6 Å². The van der Waals surface area contributed by atoms with Crippen LogP contribution in [-0.4, -0.2) is 79.7 Å². The van der Waals surface area contributed by atoms with E-state index in [0.29, 0.717) is 23.6 Å². The van der Waals surface area contributed by atoms with Crippen LogP contribution in [0.2, 0.25) is 18.1 Å². The fraction of sp³-hybridized carbons (Fsp3) is 0.490. The quantitative estimate of drug-likeness (QED) is 0.0971. The summed E-state index contributed by atoms with van der Waals surface area (Å²) in [6, 6.07) is 18.5. The van der Waals surface area contributed by atoms with E-state index in [9.17, 15) is 9.90 Å². The molecule has 4 aromatic rings. The number of ether oxygens (including phenoxy) is 2. The molecule has 14 heteroatoms. The monoisotopic (exact) mass is 877 g/mol. The van der Waals surface area contributed by atoms with E-state index in [1.54, 1.807) is 0 Å². The topological polar surface area (TPSA) is 157 Å². The Morgan fingerprint density at radius 3 is 2.06 bits per heavy atom. The maximum atomic E-state index is 16.1. The van der Waals surface area contributed by atoms with Crippen molar-refractivity contribution < 1.29 is 37.9 Å². The summed E-state index contributed by atoms with van der Waals surface area (Å²) in [5.74, 6) is -2.01. The molecular weight excluding hydrogens is 815 g/mol. The first-order valence-electron chi connectivity index (χ1n) is 21.8. The fourth-order valence-corrected chi connectivity index (χ4v) is 10.3. The minimum Gasteiger partial charge on any atom is -0.507 e. The van der Waals surface area contributed by atoms with Crippen molar-refractivity contribution in [3.05, 3.63) is 99.8 Å². The number of anilines is 2. The van der Waals surface area contributed by atoms with Gasteiger partial charge in [-0.3, -0.25) is 19.3 Å². The number of nitrogens with one attached hydrogen (secondary N) is 1. The van der Waals surface area contributed by atoms with Gasteiger partial charge in [0, 0.05) is 37.6 Å². The standard InChI is InChI=1S/C49H63N5O8Si/c1-47(2,3)24-23-34(55)50-44-41(59-27-29-19-15-13-16-20-29)36-32(45(51-44)54(9)10)25-31-26-33-38(53(7)8)40-37(46(52-61-40)60-28-30-21-17-14-18-22-30)43(58)49(33,42(57)35(31)39(36)56)62-63(11,12)48(4,5)6/h13-22,31,33,38,56H,23-28H2,1-12H3,(H,50,51,55)/t31-,33-,38-,49-/m0/s1. The second-order valence-corrected chi connectivity index (χ2v) is 25.1. The van der Waals surface area contributed by atoms with Crippen molar-refractivity contribution in [2.45, 2.75) is 110 Å². The lowest BCUT2D eigenvalue weighted by Crippen LogP contribution is -2.68. The number of aliphatic hydroxyl groups is 1. The molecule has 2 N–H and O–H groups in total. The molecule has 0 saturated heterocycles.